The van der Waals surface area contributed by atoms with E-state index in [0.29, 0.717) is 6.04 Å². The van der Waals surface area contributed by atoms with Gasteiger partial charge in [-0.05, 0) is 31.2 Å². The van der Waals surface area contributed by atoms with E-state index in [0.717, 1.165) is 32.5 Å². The maximum Gasteiger partial charge on any atom is 0.109 e. The number of hydrogen-bond acceptors (Lipinski definition) is 3. The maximum atomic E-state index is 9.46. The van der Waals surface area contributed by atoms with Crippen molar-refractivity contribution in [3.8, 4) is 6.07 Å². The largest absolute Gasteiger partial charge is 0.299 e. The molecule has 3 heteroatoms. The van der Waals surface area contributed by atoms with Crippen LogP contribution in [0.1, 0.15) is 31.2 Å². The van der Waals surface area contributed by atoms with Crippen LogP contribution in [0.2, 0.25) is 0 Å². The molecule has 0 spiro atoms. The minimum atomic E-state index is -0.256. The van der Waals surface area contributed by atoms with Gasteiger partial charge in [0.25, 0.3) is 0 Å². The summed E-state index contributed by atoms with van der Waals surface area (Å²) in [6, 6.07) is 13.7. The lowest BCUT2D eigenvalue weighted by atomic mass is 9.88. The minimum absolute atomic E-state index is 0.256. The maximum absolute atomic E-state index is 9.46. The highest BCUT2D eigenvalue weighted by Crippen LogP contribution is 2.29. The number of likely N-dealkylation sites (tertiary alicyclic amines) is 1. The van der Waals surface area contributed by atoms with Crippen molar-refractivity contribution < 1.29 is 0 Å². The molecule has 0 aromatic heterocycles. The van der Waals surface area contributed by atoms with Crippen LogP contribution in [0, 0.1) is 11.3 Å². The summed E-state index contributed by atoms with van der Waals surface area (Å²) in [5.41, 5.74) is 1.11. The third kappa shape index (κ3) is 3.15. The van der Waals surface area contributed by atoms with Crippen LogP contribution in [-0.2, 0) is 6.54 Å². The Kier molecular flexibility index (Phi) is 3.54. The molecule has 1 N–H and O–H groups in total. The summed E-state index contributed by atoms with van der Waals surface area (Å²) in [5.74, 6) is 0. The molecule has 1 aromatic carbocycles. The molecule has 0 atom stereocenters. The van der Waals surface area contributed by atoms with Gasteiger partial charge in [0.1, 0.15) is 5.54 Å². The molecule has 1 saturated carbocycles. The first-order chi connectivity index (χ1) is 9.30. The van der Waals surface area contributed by atoms with Gasteiger partial charge in [-0.25, -0.2) is 0 Å². The summed E-state index contributed by atoms with van der Waals surface area (Å²) >= 11 is 0. The van der Waals surface area contributed by atoms with Crippen molar-refractivity contribution in [3.05, 3.63) is 35.9 Å². The van der Waals surface area contributed by atoms with E-state index in [-0.39, 0.29) is 5.54 Å². The number of nitriles is 1. The van der Waals surface area contributed by atoms with Crippen molar-refractivity contribution in [1.29, 1.82) is 5.26 Å². The predicted octanol–water partition coefficient (Wildman–Crippen LogP) is 2.30. The summed E-state index contributed by atoms with van der Waals surface area (Å²) in [5, 5.41) is 13.0. The van der Waals surface area contributed by atoms with Crippen molar-refractivity contribution in [2.75, 3.05) is 13.1 Å². The van der Waals surface area contributed by atoms with Crippen LogP contribution in [0.25, 0.3) is 0 Å². The summed E-state index contributed by atoms with van der Waals surface area (Å²) in [7, 11) is 0. The Hall–Kier alpha value is -1.37. The Bertz CT molecular complexity index is 451. The first-order valence-electron chi connectivity index (χ1n) is 7.25. The number of nitrogens with one attached hydrogen (secondary N) is 1. The summed E-state index contributed by atoms with van der Waals surface area (Å²) in [4.78, 5) is 2.46. The average molecular weight is 255 g/mol. The van der Waals surface area contributed by atoms with Crippen LogP contribution < -0.4 is 5.32 Å². The third-order valence-electron chi connectivity index (χ3n) is 4.23. The second kappa shape index (κ2) is 5.32. The number of nitrogens with zero attached hydrogens (tertiary/aromatic N) is 2. The fourth-order valence-corrected chi connectivity index (χ4v) is 2.84. The molecule has 2 fully saturated rings. The van der Waals surface area contributed by atoms with E-state index in [1.54, 1.807) is 0 Å². The molecule has 0 bridgehead atoms. The van der Waals surface area contributed by atoms with Crippen molar-refractivity contribution in [2.45, 2.75) is 43.8 Å². The summed E-state index contributed by atoms with van der Waals surface area (Å²) in [6.07, 6.45) is 4.40. The zero-order valence-corrected chi connectivity index (χ0v) is 11.3. The number of benzene rings is 1. The first kappa shape index (κ1) is 12.7. The highest BCUT2D eigenvalue weighted by Gasteiger charge is 2.38. The van der Waals surface area contributed by atoms with Gasteiger partial charge in [-0.2, -0.15) is 5.26 Å². The Balaban J connectivity index is 1.55. The summed E-state index contributed by atoms with van der Waals surface area (Å²) < 4.78 is 0. The standard InChI is InChI=1S/C16H21N3/c17-13-16(18-15-6-7-15)8-10-19(11-9-16)12-14-4-2-1-3-5-14/h1-5,15,18H,6-12H2. The normalized spacial score (nSPS) is 22.9. The highest BCUT2D eigenvalue weighted by molar-refractivity contribution is 5.16. The molecule has 1 aliphatic carbocycles. The molecule has 3 rings (SSSR count). The zero-order valence-electron chi connectivity index (χ0n) is 11.3. The van der Waals surface area contributed by atoms with E-state index in [9.17, 15) is 5.26 Å². The number of hydrogen-bond donors (Lipinski definition) is 1. The van der Waals surface area contributed by atoms with Gasteiger partial charge in [-0.1, -0.05) is 30.3 Å². The van der Waals surface area contributed by atoms with E-state index < -0.39 is 0 Å². The van der Waals surface area contributed by atoms with Gasteiger partial charge in [0.2, 0.25) is 0 Å². The lowest BCUT2D eigenvalue weighted by Gasteiger charge is -2.38. The topological polar surface area (TPSA) is 39.1 Å². The Labute approximate surface area is 115 Å². The molecule has 3 nitrogen and oxygen atoms in total. The lowest BCUT2D eigenvalue weighted by molar-refractivity contribution is 0.159. The fraction of sp³-hybridized carbons (Fsp3) is 0.562. The number of piperidine rings is 1. The van der Waals surface area contributed by atoms with E-state index >= 15 is 0 Å². The second-order valence-electron chi connectivity index (χ2n) is 5.87. The van der Waals surface area contributed by atoms with E-state index in [2.05, 4.69) is 46.6 Å². The highest BCUT2D eigenvalue weighted by atomic mass is 15.2. The minimum Gasteiger partial charge on any atom is -0.299 e. The van der Waals surface area contributed by atoms with E-state index in [1.165, 1.54) is 18.4 Å². The van der Waals surface area contributed by atoms with Crippen LogP contribution in [0.5, 0.6) is 0 Å². The molecule has 1 aliphatic heterocycles. The van der Waals surface area contributed by atoms with Gasteiger partial charge in [0, 0.05) is 25.7 Å². The first-order valence-corrected chi connectivity index (χ1v) is 7.25. The van der Waals surface area contributed by atoms with Crippen LogP contribution in [0.15, 0.2) is 30.3 Å². The fourth-order valence-electron chi connectivity index (χ4n) is 2.84. The van der Waals surface area contributed by atoms with Crippen molar-refractivity contribution in [2.24, 2.45) is 0 Å². The predicted molar refractivity (Wildman–Crippen MR) is 75.5 cm³/mol. The van der Waals surface area contributed by atoms with E-state index in [1.807, 2.05) is 0 Å². The van der Waals surface area contributed by atoms with Crippen molar-refractivity contribution >= 4 is 0 Å². The molecule has 2 aliphatic rings. The second-order valence-corrected chi connectivity index (χ2v) is 5.87. The van der Waals surface area contributed by atoms with Gasteiger partial charge < -0.3 is 0 Å². The molecular formula is C16H21N3. The van der Waals surface area contributed by atoms with Crippen molar-refractivity contribution in [3.63, 3.8) is 0 Å². The van der Waals surface area contributed by atoms with Crippen molar-refractivity contribution in [1.82, 2.24) is 10.2 Å². The van der Waals surface area contributed by atoms with Crippen LogP contribution in [0.3, 0.4) is 0 Å². The lowest BCUT2D eigenvalue weighted by Crippen LogP contribution is -2.53. The number of rotatable bonds is 4. The molecule has 19 heavy (non-hydrogen) atoms. The van der Waals surface area contributed by atoms with Gasteiger partial charge >= 0.3 is 0 Å². The van der Waals surface area contributed by atoms with Gasteiger partial charge in [0.15, 0.2) is 0 Å². The Morgan fingerprint density at radius 2 is 1.89 bits per heavy atom. The zero-order chi connectivity index (χ0) is 13.1. The van der Waals surface area contributed by atoms with Gasteiger partial charge in [-0.3, -0.25) is 10.2 Å². The molecular weight excluding hydrogens is 234 g/mol. The monoisotopic (exact) mass is 255 g/mol. The average Bonchev–Trinajstić information content (AvgIpc) is 3.26. The smallest absolute Gasteiger partial charge is 0.109 e. The molecule has 100 valence electrons. The van der Waals surface area contributed by atoms with Crippen LogP contribution in [-0.4, -0.2) is 29.6 Å². The third-order valence-corrected chi connectivity index (χ3v) is 4.23. The van der Waals surface area contributed by atoms with Gasteiger partial charge in [0.05, 0.1) is 6.07 Å². The quantitative estimate of drug-likeness (QED) is 0.897. The van der Waals surface area contributed by atoms with Crippen LogP contribution >= 0.6 is 0 Å². The molecule has 1 aromatic rings. The molecule has 1 saturated heterocycles. The molecule has 0 amide bonds. The van der Waals surface area contributed by atoms with E-state index in [4.69, 9.17) is 0 Å². The summed E-state index contributed by atoms with van der Waals surface area (Å²) in [6.45, 7) is 3.04. The molecule has 0 radical (unpaired) electrons. The van der Waals surface area contributed by atoms with Crippen LogP contribution in [0.4, 0.5) is 0 Å². The Morgan fingerprint density at radius 1 is 1.21 bits per heavy atom. The molecule has 1 heterocycles. The molecule has 0 unspecified atom stereocenters. The Morgan fingerprint density at radius 3 is 2.47 bits per heavy atom. The SMILES string of the molecule is N#CC1(NC2CC2)CCN(Cc2ccccc2)CC1. The van der Waals surface area contributed by atoms with Gasteiger partial charge in [-0.15, -0.1) is 0 Å².